The zero-order chi connectivity index (χ0) is 13.1. The smallest absolute Gasteiger partial charge is 0.357 e. The molecule has 1 aromatic heterocycles. The van der Waals surface area contributed by atoms with E-state index in [9.17, 15) is 9.59 Å². The van der Waals surface area contributed by atoms with Gasteiger partial charge in [-0.25, -0.2) is 9.78 Å². The molecule has 0 unspecified atom stereocenters. The summed E-state index contributed by atoms with van der Waals surface area (Å²) >= 11 is 1.19. The molecule has 0 aliphatic heterocycles. The topological polar surface area (TPSA) is 105 Å². The van der Waals surface area contributed by atoms with Gasteiger partial charge in [-0.3, -0.25) is 4.79 Å². The second kappa shape index (κ2) is 4.84. The van der Waals surface area contributed by atoms with E-state index in [2.05, 4.69) is 10.3 Å². The van der Waals surface area contributed by atoms with E-state index in [-0.39, 0.29) is 5.69 Å². The molecule has 0 aliphatic rings. The fourth-order valence-electron chi connectivity index (χ4n) is 1.34. The van der Waals surface area contributed by atoms with Crippen molar-refractivity contribution in [2.75, 3.05) is 5.32 Å². The van der Waals surface area contributed by atoms with Crippen molar-refractivity contribution in [1.82, 2.24) is 4.98 Å². The molecule has 92 valence electrons. The van der Waals surface area contributed by atoms with Gasteiger partial charge in [0.2, 0.25) is 5.91 Å². The Morgan fingerprint density at radius 2 is 1.94 bits per heavy atom. The number of carboxylic acids is 1. The van der Waals surface area contributed by atoms with Gasteiger partial charge in [-0.1, -0.05) is 0 Å². The number of carboxylic acid groups (broad SMARTS) is 1. The van der Waals surface area contributed by atoms with Crippen LogP contribution in [0.5, 0.6) is 0 Å². The summed E-state index contributed by atoms with van der Waals surface area (Å²) in [5, 5.41) is 12.3. The van der Waals surface area contributed by atoms with Gasteiger partial charge in [-0.15, -0.1) is 11.3 Å². The Kier molecular flexibility index (Phi) is 3.24. The summed E-state index contributed by atoms with van der Waals surface area (Å²) in [6, 6.07) is 6.41. The lowest BCUT2D eigenvalue weighted by Crippen LogP contribution is -2.10. The molecule has 0 spiro atoms. The lowest BCUT2D eigenvalue weighted by atomic mass is 10.2. The van der Waals surface area contributed by atoms with Gasteiger partial charge in [0.1, 0.15) is 5.00 Å². The first-order valence-electron chi connectivity index (χ1n) is 4.91. The van der Waals surface area contributed by atoms with Crippen LogP contribution < -0.4 is 11.1 Å². The third-order valence-electron chi connectivity index (χ3n) is 2.20. The van der Waals surface area contributed by atoms with Gasteiger partial charge >= 0.3 is 5.97 Å². The minimum Gasteiger partial charge on any atom is -0.476 e. The van der Waals surface area contributed by atoms with Gasteiger partial charge in [-0.2, -0.15) is 0 Å². The van der Waals surface area contributed by atoms with E-state index in [1.54, 1.807) is 24.3 Å². The van der Waals surface area contributed by atoms with Gasteiger partial charge in [0, 0.05) is 11.3 Å². The minimum absolute atomic E-state index is 0.0287. The van der Waals surface area contributed by atoms with Crippen LogP contribution in [0.4, 0.5) is 10.7 Å². The number of carbonyl (C=O) groups excluding carboxylic acids is 1. The average molecular weight is 263 g/mol. The number of nitrogens with zero attached hydrogens (tertiary/aromatic N) is 1. The van der Waals surface area contributed by atoms with Crippen LogP contribution in [0.1, 0.15) is 20.8 Å². The second-order valence-corrected chi connectivity index (χ2v) is 4.26. The average Bonchev–Trinajstić information content (AvgIpc) is 2.78. The molecule has 1 heterocycles. The highest BCUT2D eigenvalue weighted by Gasteiger charge is 2.13. The lowest BCUT2D eigenvalue weighted by molar-refractivity contribution is 0.0692. The SMILES string of the molecule is NC(=O)c1ccc(Nc2scnc2C(=O)O)cc1. The zero-order valence-electron chi connectivity index (χ0n) is 9.08. The summed E-state index contributed by atoms with van der Waals surface area (Å²) in [5.41, 5.74) is 7.59. The standard InChI is InChI=1S/C11H9N3O3S/c12-9(15)6-1-3-7(4-2-6)14-10-8(11(16)17)13-5-18-10/h1-5,14H,(H2,12,15)(H,16,17). The quantitative estimate of drug-likeness (QED) is 0.778. The maximum atomic E-state index is 10.9. The van der Waals surface area contributed by atoms with Gasteiger partial charge in [0.15, 0.2) is 5.69 Å². The molecule has 0 fully saturated rings. The number of anilines is 2. The molecule has 0 atom stereocenters. The molecule has 0 saturated heterocycles. The number of nitrogens with one attached hydrogen (secondary N) is 1. The number of rotatable bonds is 4. The van der Waals surface area contributed by atoms with Crippen molar-refractivity contribution in [2.45, 2.75) is 0 Å². The highest BCUT2D eigenvalue weighted by molar-refractivity contribution is 7.14. The normalized spacial score (nSPS) is 10.0. The fourth-order valence-corrected chi connectivity index (χ4v) is 2.03. The Morgan fingerprint density at radius 1 is 1.28 bits per heavy atom. The molecule has 0 aliphatic carbocycles. The van der Waals surface area contributed by atoms with E-state index < -0.39 is 11.9 Å². The van der Waals surface area contributed by atoms with Crippen LogP contribution >= 0.6 is 11.3 Å². The third kappa shape index (κ3) is 2.46. The largest absolute Gasteiger partial charge is 0.476 e. The van der Waals surface area contributed by atoms with Crippen molar-refractivity contribution in [1.29, 1.82) is 0 Å². The number of nitrogens with two attached hydrogens (primary N) is 1. The van der Waals surface area contributed by atoms with Crippen LogP contribution in [-0.2, 0) is 0 Å². The monoisotopic (exact) mass is 263 g/mol. The van der Waals surface area contributed by atoms with Gasteiger partial charge < -0.3 is 16.2 Å². The molecule has 18 heavy (non-hydrogen) atoms. The Labute approximate surface area is 106 Å². The molecular weight excluding hydrogens is 254 g/mol. The van der Waals surface area contributed by atoms with Gasteiger partial charge in [0.05, 0.1) is 5.51 Å². The molecule has 6 nitrogen and oxygen atoms in total. The van der Waals surface area contributed by atoms with Crippen molar-refractivity contribution in [3.05, 3.63) is 41.0 Å². The Morgan fingerprint density at radius 3 is 2.50 bits per heavy atom. The molecule has 1 aromatic carbocycles. The second-order valence-electron chi connectivity index (χ2n) is 3.40. The summed E-state index contributed by atoms with van der Waals surface area (Å²) in [4.78, 5) is 25.5. The molecule has 7 heteroatoms. The minimum atomic E-state index is -1.09. The number of aromatic carboxylic acids is 1. The number of carbonyl (C=O) groups is 2. The number of hydrogen-bond donors (Lipinski definition) is 3. The van der Waals surface area contributed by atoms with Crippen LogP contribution in [0.15, 0.2) is 29.8 Å². The number of thiazole rings is 1. The van der Waals surface area contributed by atoms with Crippen molar-refractivity contribution < 1.29 is 14.7 Å². The lowest BCUT2D eigenvalue weighted by Gasteiger charge is -2.04. The molecule has 4 N–H and O–H groups in total. The Hall–Kier alpha value is -2.41. The molecule has 0 radical (unpaired) electrons. The first-order chi connectivity index (χ1) is 8.58. The molecule has 1 amide bonds. The van der Waals surface area contributed by atoms with Gasteiger partial charge in [-0.05, 0) is 24.3 Å². The first kappa shape index (κ1) is 12.1. The predicted octanol–water partition coefficient (Wildman–Crippen LogP) is 1.68. The van der Waals surface area contributed by atoms with E-state index in [0.717, 1.165) is 0 Å². The van der Waals surface area contributed by atoms with Crippen molar-refractivity contribution >= 4 is 33.9 Å². The Bertz CT molecular complexity index is 592. The van der Waals surface area contributed by atoms with Crippen LogP contribution in [-0.4, -0.2) is 22.0 Å². The molecule has 0 saturated carbocycles. The third-order valence-corrected chi connectivity index (χ3v) is 2.94. The van der Waals surface area contributed by atoms with Crippen LogP contribution in [0.3, 0.4) is 0 Å². The molecule has 0 bridgehead atoms. The summed E-state index contributed by atoms with van der Waals surface area (Å²) in [6.07, 6.45) is 0. The summed E-state index contributed by atoms with van der Waals surface area (Å²) in [6.45, 7) is 0. The van der Waals surface area contributed by atoms with Crippen molar-refractivity contribution in [3.63, 3.8) is 0 Å². The Balaban J connectivity index is 2.21. The zero-order valence-corrected chi connectivity index (χ0v) is 9.90. The van der Waals surface area contributed by atoms with E-state index in [1.165, 1.54) is 16.8 Å². The predicted molar refractivity (Wildman–Crippen MR) is 67.3 cm³/mol. The molecular formula is C11H9N3O3S. The number of amides is 1. The highest BCUT2D eigenvalue weighted by atomic mass is 32.1. The van der Waals surface area contributed by atoms with E-state index in [1.807, 2.05) is 0 Å². The number of hydrogen-bond acceptors (Lipinski definition) is 5. The fraction of sp³-hybridized carbons (Fsp3) is 0. The van der Waals surface area contributed by atoms with Crippen molar-refractivity contribution in [3.8, 4) is 0 Å². The van der Waals surface area contributed by atoms with Crippen LogP contribution in [0.25, 0.3) is 0 Å². The van der Waals surface area contributed by atoms with Crippen LogP contribution in [0, 0.1) is 0 Å². The van der Waals surface area contributed by atoms with Crippen LogP contribution in [0.2, 0.25) is 0 Å². The highest BCUT2D eigenvalue weighted by Crippen LogP contribution is 2.24. The number of primary amides is 1. The maximum Gasteiger partial charge on any atom is 0.357 e. The van der Waals surface area contributed by atoms with E-state index in [0.29, 0.717) is 16.3 Å². The molecule has 2 aromatic rings. The van der Waals surface area contributed by atoms with Gasteiger partial charge in [0.25, 0.3) is 0 Å². The van der Waals surface area contributed by atoms with E-state index in [4.69, 9.17) is 10.8 Å². The molecule has 2 rings (SSSR count). The maximum absolute atomic E-state index is 10.9. The summed E-state index contributed by atoms with van der Waals surface area (Å²) < 4.78 is 0. The first-order valence-corrected chi connectivity index (χ1v) is 5.79. The number of benzene rings is 1. The van der Waals surface area contributed by atoms with E-state index >= 15 is 0 Å². The summed E-state index contributed by atoms with van der Waals surface area (Å²) in [7, 11) is 0. The summed E-state index contributed by atoms with van der Waals surface area (Å²) in [5.74, 6) is -1.60. The van der Waals surface area contributed by atoms with Crippen molar-refractivity contribution in [2.24, 2.45) is 5.73 Å². The number of aromatic nitrogens is 1.